The van der Waals surface area contributed by atoms with Crippen molar-refractivity contribution in [3.63, 3.8) is 0 Å². The number of fused-ring (bicyclic) bond motifs is 1. The number of nitrogens with one attached hydrogen (secondary N) is 2. The van der Waals surface area contributed by atoms with E-state index in [2.05, 4.69) is 47.2 Å². The van der Waals surface area contributed by atoms with Crippen LogP contribution in [0.4, 0.5) is 11.4 Å². The summed E-state index contributed by atoms with van der Waals surface area (Å²) in [6, 6.07) is 38.7. The Morgan fingerprint density at radius 3 is 1.29 bits per heavy atom. The summed E-state index contributed by atoms with van der Waals surface area (Å²) in [5.41, 5.74) is 13.6. The molecule has 0 amide bonds. The minimum Gasteiger partial charge on any atom is -0.278 e. The Hall–Kier alpha value is -4.18. The molecule has 0 aliphatic heterocycles. The highest BCUT2D eigenvalue weighted by Gasteiger charge is 2.36. The average Bonchev–Trinajstić information content (AvgIpc) is 3.16. The molecule has 1 aliphatic rings. The number of hydrogen-bond acceptors (Lipinski definition) is 4. The van der Waals surface area contributed by atoms with Crippen molar-refractivity contribution in [2.45, 2.75) is 5.92 Å². The Kier molecular flexibility index (Phi) is 5.27. The molecule has 4 heteroatoms. The number of para-hydroxylation sites is 2. The van der Waals surface area contributed by atoms with Gasteiger partial charge in [-0.25, -0.2) is 0 Å². The summed E-state index contributed by atoms with van der Waals surface area (Å²) in [6.45, 7) is 0. The predicted octanol–water partition coefficient (Wildman–Crippen LogP) is 6.12. The van der Waals surface area contributed by atoms with E-state index in [1.807, 2.05) is 78.9 Å². The molecular formula is C27H22N4. The molecule has 0 heterocycles. The molecule has 0 radical (unpaired) electrons. The molecule has 150 valence electrons. The molecule has 31 heavy (non-hydrogen) atoms. The fourth-order valence-electron chi connectivity index (χ4n) is 3.86. The molecule has 0 fully saturated rings. The largest absolute Gasteiger partial charge is 0.278 e. The maximum atomic E-state index is 4.86. The zero-order valence-corrected chi connectivity index (χ0v) is 16.9. The molecule has 4 aromatic rings. The van der Waals surface area contributed by atoms with Gasteiger partial charge in [0.05, 0.1) is 28.7 Å². The second-order valence-electron chi connectivity index (χ2n) is 7.34. The third-order valence-corrected chi connectivity index (χ3v) is 5.32. The van der Waals surface area contributed by atoms with Crippen LogP contribution in [0.25, 0.3) is 0 Å². The standard InChI is InChI=1S/C27H22N4/c1-4-12-20(13-5-1)25-26(30-28-21-14-6-2-7-15-21)23-18-10-11-19-24(23)27(25)31-29-22-16-8-3-9-17-22/h1-19,25,28-29H. The zero-order chi connectivity index (χ0) is 20.9. The minimum absolute atomic E-state index is 0.0778. The zero-order valence-electron chi connectivity index (χ0n) is 16.9. The summed E-state index contributed by atoms with van der Waals surface area (Å²) in [4.78, 5) is 0. The first kappa shape index (κ1) is 18.8. The molecule has 2 N–H and O–H groups in total. The number of benzene rings is 4. The first-order valence-electron chi connectivity index (χ1n) is 10.3. The Morgan fingerprint density at radius 2 is 0.839 bits per heavy atom. The second kappa shape index (κ2) is 8.67. The molecule has 4 aromatic carbocycles. The summed E-state index contributed by atoms with van der Waals surface area (Å²) >= 11 is 0. The molecule has 0 saturated heterocycles. The Balaban J connectivity index is 1.61. The number of hydrazone groups is 2. The molecule has 4 nitrogen and oxygen atoms in total. The van der Waals surface area contributed by atoms with Gasteiger partial charge in [0.25, 0.3) is 0 Å². The van der Waals surface area contributed by atoms with E-state index in [0.29, 0.717) is 0 Å². The van der Waals surface area contributed by atoms with Gasteiger partial charge in [0.2, 0.25) is 0 Å². The van der Waals surface area contributed by atoms with Crippen molar-refractivity contribution in [1.82, 2.24) is 0 Å². The van der Waals surface area contributed by atoms with Crippen LogP contribution < -0.4 is 10.9 Å². The average molecular weight is 403 g/mol. The van der Waals surface area contributed by atoms with Crippen molar-refractivity contribution < 1.29 is 0 Å². The van der Waals surface area contributed by atoms with E-state index in [1.165, 1.54) is 0 Å². The van der Waals surface area contributed by atoms with Crippen LogP contribution in [0.15, 0.2) is 125 Å². The number of rotatable bonds is 5. The molecule has 5 rings (SSSR count). The maximum Gasteiger partial charge on any atom is 0.0821 e. The fraction of sp³-hybridized carbons (Fsp3) is 0.0370. The Labute approximate surface area is 182 Å². The number of anilines is 2. The van der Waals surface area contributed by atoms with E-state index in [1.54, 1.807) is 0 Å². The highest BCUT2D eigenvalue weighted by atomic mass is 15.3. The van der Waals surface area contributed by atoms with Gasteiger partial charge in [-0.05, 0) is 29.8 Å². The first-order valence-corrected chi connectivity index (χ1v) is 10.3. The molecule has 0 aromatic heterocycles. The molecular weight excluding hydrogens is 380 g/mol. The fourth-order valence-corrected chi connectivity index (χ4v) is 3.86. The van der Waals surface area contributed by atoms with E-state index >= 15 is 0 Å². The number of nitrogens with zero attached hydrogens (tertiary/aromatic N) is 2. The van der Waals surface area contributed by atoms with Gasteiger partial charge in [0, 0.05) is 11.1 Å². The summed E-state index contributed by atoms with van der Waals surface area (Å²) in [7, 11) is 0. The predicted molar refractivity (Wildman–Crippen MR) is 129 cm³/mol. The summed E-state index contributed by atoms with van der Waals surface area (Å²) in [6.07, 6.45) is 0. The normalized spacial score (nSPS) is 17.5. The van der Waals surface area contributed by atoms with Crippen LogP contribution in [0.5, 0.6) is 0 Å². The highest BCUT2D eigenvalue weighted by molar-refractivity contribution is 6.33. The van der Waals surface area contributed by atoms with E-state index < -0.39 is 0 Å². The molecule has 0 spiro atoms. The van der Waals surface area contributed by atoms with Crippen LogP contribution in [0.3, 0.4) is 0 Å². The molecule has 0 bridgehead atoms. The van der Waals surface area contributed by atoms with E-state index in [4.69, 9.17) is 10.2 Å². The van der Waals surface area contributed by atoms with Crippen LogP contribution in [0, 0.1) is 0 Å². The summed E-state index contributed by atoms with van der Waals surface area (Å²) in [5, 5.41) is 9.71. The molecule has 1 aliphatic carbocycles. The van der Waals surface area contributed by atoms with Gasteiger partial charge in [-0.1, -0.05) is 91.0 Å². The highest BCUT2D eigenvalue weighted by Crippen LogP contribution is 2.35. The van der Waals surface area contributed by atoms with Crippen LogP contribution in [-0.4, -0.2) is 11.4 Å². The lowest BCUT2D eigenvalue weighted by Crippen LogP contribution is -2.17. The third kappa shape index (κ3) is 3.96. The van der Waals surface area contributed by atoms with E-state index in [-0.39, 0.29) is 5.92 Å². The van der Waals surface area contributed by atoms with Crippen molar-refractivity contribution in [2.24, 2.45) is 10.2 Å². The van der Waals surface area contributed by atoms with Crippen molar-refractivity contribution in [1.29, 1.82) is 0 Å². The van der Waals surface area contributed by atoms with Crippen molar-refractivity contribution in [2.75, 3.05) is 10.9 Å². The second-order valence-corrected chi connectivity index (χ2v) is 7.34. The summed E-state index contributed by atoms with van der Waals surface area (Å²) in [5.74, 6) is -0.0778. The lowest BCUT2D eigenvalue weighted by Gasteiger charge is -2.14. The lowest BCUT2D eigenvalue weighted by molar-refractivity contribution is 1.17. The van der Waals surface area contributed by atoms with Gasteiger partial charge in [-0.2, -0.15) is 10.2 Å². The quantitative estimate of drug-likeness (QED) is 0.395. The van der Waals surface area contributed by atoms with Crippen LogP contribution in [0.1, 0.15) is 22.6 Å². The molecule has 0 atom stereocenters. The van der Waals surface area contributed by atoms with Gasteiger partial charge in [-0.15, -0.1) is 0 Å². The summed E-state index contributed by atoms with van der Waals surface area (Å²) < 4.78 is 0. The van der Waals surface area contributed by atoms with Crippen molar-refractivity contribution in [3.05, 3.63) is 132 Å². The Morgan fingerprint density at radius 1 is 0.452 bits per heavy atom. The molecule has 0 unspecified atom stereocenters. The van der Waals surface area contributed by atoms with Gasteiger partial charge in [0.15, 0.2) is 0 Å². The van der Waals surface area contributed by atoms with Crippen LogP contribution in [-0.2, 0) is 0 Å². The smallest absolute Gasteiger partial charge is 0.0821 e. The van der Waals surface area contributed by atoms with Crippen LogP contribution in [0.2, 0.25) is 0 Å². The minimum atomic E-state index is -0.0778. The van der Waals surface area contributed by atoms with Gasteiger partial charge in [0.1, 0.15) is 0 Å². The topological polar surface area (TPSA) is 48.8 Å². The van der Waals surface area contributed by atoms with E-state index in [9.17, 15) is 0 Å². The molecule has 0 saturated carbocycles. The monoisotopic (exact) mass is 402 g/mol. The van der Waals surface area contributed by atoms with Gasteiger partial charge >= 0.3 is 0 Å². The maximum absolute atomic E-state index is 4.86. The van der Waals surface area contributed by atoms with E-state index in [0.717, 1.165) is 39.5 Å². The van der Waals surface area contributed by atoms with Gasteiger partial charge < -0.3 is 0 Å². The SMILES string of the molecule is c1ccc(NN=C2c3ccccc3C(=NNc3ccccc3)C2c2ccccc2)cc1. The Bertz CT molecular complexity index is 1140. The van der Waals surface area contributed by atoms with Crippen molar-refractivity contribution in [3.8, 4) is 0 Å². The third-order valence-electron chi connectivity index (χ3n) is 5.32. The number of hydrogen-bond donors (Lipinski definition) is 2. The van der Waals surface area contributed by atoms with Crippen LogP contribution >= 0.6 is 0 Å². The lowest BCUT2D eigenvalue weighted by atomic mass is 9.93. The van der Waals surface area contributed by atoms with Crippen molar-refractivity contribution >= 4 is 22.8 Å². The first-order chi connectivity index (χ1) is 15.4. The van der Waals surface area contributed by atoms with Gasteiger partial charge in [-0.3, -0.25) is 10.9 Å².